The highest BCUT2D eigenvalue weighted by Gasteiger charge is 2.44. The Balaban J connectivity index is 1.47. The summed E-state index contributed by atoms with van der Waals surface area (Å²) in [6, 6.07) is 8.31. The second kappa shape index (κ2) is 5.53. The quantitative estimate of drug-likeness (QED) is 0.852. The van der Waals surface area contributed by atoms with E-state index in [1.165, 1.54) is 5.69 Å². The number of fused-ring (bicyclic) bond motifs is 1. The molecule has 122 valence electrons. The Morgan fingerprint density at radius 1 is 1.26 bits per heavy atom. The summed E-state index contributed by atoms with van der Waals surface area (Å²) >= 11 is 0. The molecule has 0 radical (unpaired) electrons. The van der Waals surface area contributed by atoms with Crippen LogP contribution in [0.1, 0.15) is 25.0 Å². The van der Waals surface area contributed by atoms with E-state index in [0.29, 0.717) is 6.54 Å². The third kappa shape index (κ3) is 2.67. The molecule has 6 nitrogen and oxygen atoms in total. The molecule has 1 atom stereocenters. The van der Waals surface area contributed by atoms with Crippen molar-refractivity contribution in [2.75, 3.05) is 26.7 Å². The molecule has 1 amide bonds. The molecular weight excluding hydrogens is 292 g/mol. The molecule has 0 aliphatic carbocycles. The number of likely N-dealkylation sites (N-methyl/N-ethyl adjacent to an activating group) is 1. The summed E-state index contributed by atoms with van der Waals surface area (Å²) < 4.78 is 7.69. The van der Waals surface area contributed by atoms with E-state index >= 15 is 0 Å². The molecule has 1 spiro atoms. The standard InChI is InChI=1S/C17H22N4O2/c1-19-13-17(23-16(19)22)7-3-10-20(11-8-17)12-15-5-2-4-14-6-9-18-21(14)15/h2,4-6,9H,3,7-8,10-13H2,1H3. The van der Waals surface area contributed by atoms with Crippen LogP contribution in [0.15, 0.2) is 30.5 Å². The number of carbonyl (C=O) groups excluding carboxylic acids is 1. The van der Waals surface area contributed by atoms with Crippen LogP contribution in [0, 0.1) is 0 Å². The van der Waals surface area contributed by atoms with Crippen LogP contribution < -0.4 is 0 Å². The van der Waals surface area contributed by atoms with Crippen LogP contribution in [0.4, 0.5) is 4.79 Å². The van der Waals surface area contributed by atoms with E-state index in [0.717, 1.165) is 44.4 Å². The van der Waals surface area contributed by atoms with E-state index in [1.54, 1.807) is 4.90 Å². The number of carbonyl (C=O) groups is 1. The summed E-state index contributed by atoms with van der Waals surface area (Å²) in [7, 11) is 1.82. The minimum absolute atomic E-state index is 0.181. The fourth-order valence-corrected chi connectivity index (χ4v) is 3.79. The third-order valence-corrected chi connectivity index (χ3v) is 5.02. The third-order valence-electron chi connectivity index (χ3n) is 5.02. The van der Waals surface area contributed by atoms with Gasteiger partial charge in [0, 0.05) is 32.8 Å². The fourth-order valence-electron chi connectivity index (χ4n) is 3.79. The number of rotatable bonds is 2. The van der Waals surface area contributed by atoms with Crippen molar-refractivity contribution in [2.45, 2.75) is 31.4 Å². The van der Waals surface area contributed by atoms with Crippen LogP contribution >= 0.6 is 0 Å². The molecule has 23 heavy (non-hydrogen) atoms. The first-order valence-electron chi connectivity index (χ1n) is 8.23. The minimum Gasteiger partial charge on any atom is -0.441 e. The van der Waals surface area contributed by atoms with Crippen molar-refractivity contribution in [3.8, 4) is 0 Å². The molecule has 4 heterocycles. The van der Waals surface area contributed by atoms with Gasteiger partial charge in [0.05, 0.1) is 17.8 Å². The van der Waals surface area contributed by atoms with E-state index in [4.69, 9.17) is 4.74 Å². The summed E-state index contributed by atoms with van der Waals surface area (Å²) in [6.45, 7) is 3.56. The molecule has 2 aliphatic rings. The van der Waals surface area contributed by atoms with Crippen molar-refractivity contribution < 1.29 is 9.53 Å². The molecule has 0 aromatic carbocycles. The topological polar surface area (TPSA) is 50.1 Å². The van der Waals surface area contributed by atoms with Crippen LogP contribution in [0.2, 0.25) is 0 Å². The average Bonchev–Trinajstić information content (AvgIpc) is 3.05. The van der Waals surface area contributed by atoms with E-state index in [1.807, 2.05) is 23.8 Å². The summed E-state index contributed by atoms with van der Waals surface area (Å²) in [6.07, 6.45) is 4.56. The van der Waals surface area contributed by atoms with Gasteiger partial charge in [0.15, 0.2) is 0 Å². The number of amides is 1. The lowest BCUT2D eigenvalue weighted by molar-refractivity contribution is 0.0442. The molecule has 2 fully saturated rings. The van der Waals surface area contributed by atoms with Crippen molar-refractivity contribution in [1.29, 1.82) is 0 Å². The van der Waals surface area contributed by atoms with Gasteiger partial charge in [-0.25, -0.2) is 9.31 Å². The van der Waals surface area contributed by atoms with E-state index in [-0.39, 0.29) is 11.7 Å². The van der Waals surface area contributed by atoms with Crippen molar-refractivity contribution in [3.63, 3.8) is 0 Å². The van der Waals surface area contributed by atoms with Gasteiger partial charge in [-0.05, 0) is 37.6 Å². The summed E-state index contributed by atoms with van der Waals surface area (Å²) in [4.78, 5) is 15.9. The molecule has 0 saturated carbocycles. The molecule has 2 aromatic rings. The monoisotopic (exact) mass is 314 g/mol. The van der Waals surface area contributed by atoms with Crippen LogP contribution in [-0.2, 0) is 11.3 Å². The zero-order valence-corrected chi connectivity index (χ0v) is 13.4. The van der Waals surface area contributed by atoms with Crippen LogP contribution in [0.25, 0.3) is 5.52 Å². The maximum Gasteiger partial charge on any atom is 0.410 e. The highest BCUT2D eigenvalue weighted by molar-refractivity contribution is 5.70. The van der Waals surface area contributed by atoms with Crippen LogP contribution in [0.3, 0.4) is 0 Å². The SMILES string of the molecule is CN1CC2(CCCN(Cc3cccc4ccnn34)CC2)OC1=O. The molecule has 2 aromatic heterocycles. The number of likely N-dealkylation sites (tertiary alicyclic amines) is 1. The van der Waals surface area contributed by atoms with Gasteiger partial charge in [0.25, 0.3) is 0 Å². The largest absolute Gasteiger partial charge is 0.441 e. The summed E-state index contributed by atoms with van der Waals surface area (Å²) in [5, 5.41) is 4.41. The Kier molecular flexibility index (Phi) is 3.49. The van der Waals surface area contributed by atoms with E-state index in [2.05, 4.69) is 28.2 Å². The highest BCUT2D eigenvalue weighted by atomic mass is 16.6. The summed E-state index contributed by atoms with van der Waals surface area (Å²) in [5.74, 6) is 0. The maximum atomic E-state index is 11.7. The first-order valence-corrected chi connectivity index (χ1v) is 8.23. The normalized spacial score (nSPS) is 26.0. The van der Waals surface area contributed by atoms with Crippen molar-refractivity contribution in [3.05, 3.63) is 36.2 Å². The first kappa shape index (κ1) is 14.5. The van der Waals surface area contributed by atoms with Crippen LogP contribution in [-0.4, -0.2) is 57.8 Å². The van der Waals surface area contributed by atoms with Crippen molar-refractivity contribution >= 4 is 11.6 Å². The molecule has 2 aliphatic heterocycles. The Labute approximate surface area is 135 Å². The zero-order chi connectivity index (χ0) is 15.9. The first-order chi connectivity index (χ1) is 11.2. The van der Waals surface area contributed by atoms with Gasteiger partial charge in [-0.1, -0.05) is 6.07 Å². The minimum atomic E-state index is -0.279. The maximum absolute atomic E-state index is 11.7. The van der Waals surface area contributed by atoms with Gasteiger partial charge in [-0.3, -0.25) is 4.90 Å². The Morgan fingerprint density at radius 3 is 3.00 bits per heavy atom. The van der Waals surface area contributed by atoms with E-state index < -0.39 is 0 Å². The number of hydrogen-bond donors (Lipinski definition) is 0. The summed E-state index contributed by atoms with van der Waals surface area (Å²) in [5.41, 5.74) is 2.04. The van der Waals surface area contributed by atoms with E-state index in [9.17, 15) is 4.79 Å². The predicted molar refractivity (Wildman–Crippen MR) is 86.2 cm³/mol. The van der Waals surface area contributed by atoms with Gasteiger partial charge in [0.1, 0.15) is 5.60 Å². The van der Waals surface area contributed by atoms with Gasteiger partial charge < -0.3 is 9.64 Å². The zero-order valence-electron chi connectivity index (χ0n) is 13.4. The molecule has 6 heteroatoms. The molecule has 4 rings (SSSR count). The molecule has 0 bridgehead atoms. The number of aromatic nitrogens is 2. The second-order valence-corrected chi connectivity index (χ2v) is 6.72. The molecule has 0 N–H and O–H groups in total. The Bertz CT molecular complexity index is 728. The second-order valence-electron chi connectivity index (χ2n) is 6.72. The van der Waals surface area contributed by atoms with Crippen LogP contribution in [0.5, 0.6) is 0 Å². The number of nitrogens with zero attached hydrogens (tertiary/aromatic N) is 4. The average molecular weight is 314 g/mol. The Morgan fingerprint density at radius 2 is 2.17 bits per heavy atom. The van der Waals surface area contributed by atoms with Crippen molar-refractivity contribution in [2.24, 2.45) is 0 Å². The number of pyridine rings is 1. The molecule has 2 saturated heterocycles. The lowest BCUT2D eigenvalue weighted by Gasteiger charge is -2.25. The number of hydrogen-bond acceptors (Lipinski definition) is 4. The van der Waals surface area contributed by atoms with Gasteiger partial charge in [0.2, 0.25) is 0 Å². The molecule has 1 unspecified atom stereocenters. The van der Waals surface area contributed by atoms with Crippen molar-refractivity contribution in [1.82, 2.24) is 19.4 Å². The smallest absolute Gasteiger partial charge is 0.410 e. The lowest BCUT2D eigenvalue weighted by atomic mass is 9.95. The molecular formula is C17H22N4O2. The predicted octanol–water partition coefficient (Wildman–Crippen LogP) is 2.14. The Hall–Kier alpha value is -2.08. The number of ether oxygens (including phenoxy) is 1. The fraction of sp³-hybridized carbons (Fsp3) is 0.529. The van der Waals surface area contributed by atoms with Gasteiger partial charge >= 0.3 is 6.09 Å². The van der Waals surface area contributed by atoms with Gasteiger partial charge in [-0.2, -0.15) is 5.10 Å². The lowest BCUT2D eigenvalue weighted by Crippen LogP contribution is -2.35. The highest BCUT2D eigenvalue weighted by Crippen LogP contribution is 2.32. The van der Waals surface area contributed by atoms with Gasteiger partial charge in [-0.15, -0.1) is 0 Å².